The highest BCUT2D eigenvalue weighted by molar-refractivity contribution is 5.45. The summed E-state index contributed by atoms with van der Waals surface area (Å²) in [6, 6.07) is 4.16. The molecule has 2 aromatic heterocycles. The van der Waals surface area contributed by atoms with Crippen molar-refractivity contribution in [2.45, 2.75) is 25.3 Å². The fraction of sp³-hybridized carbons (Fsp3) is 0.562. The van der Waals surface area contributed by atoms with Gasteiger partial charge in [0, 0.05) is 44.1 Å². The van der Waals surface area contributed by atoms with Crippen molar-refractivity contribution in [2.75, 3.05) is 32.1 Å². The largest absolute Gasteiger partial charge is 0.371 e. The Morgan fingerprint density at radius 3 is 2.73 bits per heavy atom. The molecule has 6 heteroatoms. The van der Waals surface area contributed by atoms with Crippen molar-refractivity contribution < 1.29 is 0 Å². The first-order chi connectivity index (χ1) is 10.6. The van der Waals surface area contributed by atoms with Gasteiger partial charge in [-0.15, -0.1) is 10.2 Å². The molecule has 0 aliphatic carbocycles. The van der Waals surface area contributed by atoms with Gasteiger partial charge in [0.1, 0.15) is 11.6 Å². The minimum Gasteiger partial charge on any atom is -0.371 e. The predicted octanol–water partition coefficient (Wildman–Crippen LogP) is 1.66. The highest BCUT2D eigenvalue weighted by Crippen LogP contribution is 2.28. The normalized spacial score (nSPS) is 18.9. The first-order valence-electron chi connectivity index (χ1n) is 7.83. The molecule has 1 atom stereocenters. The third kappa shape index (κ3) is 3.11. The fourth-order valence-electron chi connectivity index (χ4n) is 3.13. The van der Waals surface area contributed by atoms with Crippen LogP contribution in [0.25, 0.3) is 0 Å². The van der Waals surface area contributed by atoms with E-state index in [-0.39, 0.29) is 0 Å². The van der Waals surface area contributed by atoms with Crippen LogP contribution in [-0.4, -0.2) is 51.8 Å². The topological polar surface area (TPSA) is 50.1 Å². The summed E-state index contributed by atoms with van der Waals surface area (Å²) in [5.74, 6) is 2.58. The van der Waals surface area contributed by atoms with E-state index in [1.165, 1.54) is 18.5 Å². The van der Waals surface area contributed by atoms with Crippen molar-refractivity contribution in [1.29, 1.82) is 0 Å². The number of aromatic nitrogens is 4. The molecule has 1 saturated heterocycles. The summed E-state index contributed by atoms with van der Waals surface area (Å²) >= 11 is 0. The molecule has 0 aromatic carbocycles. The number of pyridine rings is 1. The molecule has 118 valence electrons. The Balaban J connectivity index is 1.76. The van der Waals surface area contributed by atoms with Crippen LogP contribution in [0.3, 0.4) is 0 Å². The summed E-state index contributed by atoms with van der Waals surface area (Å²) in [6.45, 7) is 2.92. The molecular weight excluding hydrogens is 276 g/mol. The van der Waals surface area contributed by atoms with Crippen molar-refractivity contribution in [1.82, 2.24) is 24.6 Å². The van der Waals surface area contributed by atoms with E-state index in [0.29, 0.717) is 5.92 Å². The molecular formula is C16H24N6. The van der Waals surface area contributed by atoms with E-state index >= 15 is 0 Å². The zero-order valence-electron chi connectivity index (χ0n) is 13.6. The molecule has 0 radical (unpaired) electrons. The molecule has 1 aliphatic rings. The molecule has 0 bridgehead atoms. The molecule has 22 heavy (non-hydrogen) atoms. The Morgan fingerprint density at radius 1 is 1.23 bits per heavy atom. The number of hydrogen-bond acceptors (Lipinski definition) is 5. The number of piperidine rings is 1. The van der Waals surface area contributed by atoms with Crippen LogP contribution in [0.1, 0.15) is 30.4 Å². The van der Waals surface area contributed by atoms with Gasteiger partial charge in [0.25, 0.3) is 0 Å². The summed E-state index contributed by atoms with van der Waals surface area (Å²) in [5.41, 5.74) is 1.25. The van der Waals surface area contributed by atoms with E-state index in [2.05, 4.69) is 62.8 Å². The van der Waals surface area contributed by atoms with Gasteiger partial charge in [-0.1, -0.05) is 0 Å². The highest BCUT2D eigenvalue weighted by atomic mass is 15.3. The molecule has 1 aliphatic heterocycles. The van der Waals surface area contributed by atoms with Crippen molar-refractivity contribution in [3.63, 3.8) is 0 Å². The Hall–Kier alpha value is -1.95. The van der Waals surface area contributed by atoms with E-state index in [1.807, 2.05) is 12.4 Å². The quantitative estimate of drug-likeness (QED) is 0.859. The van der Waals surface area contributed by atoms with Gasteiger partial charge >= 0.3 is 0 Å². The van der Waals surface area contributed by atoms with Crippen LogP contribution in [0.4, 0.5) is 5.69 Å². The SMILES string of the molecule is CN(C)Cc1nnc([C@H]2CCCN(c3ccncc3)C2)n1C. The Kier molecular flexibility index (Phi) is 4.38. The molecule has 6 nitrogen and oxygen atoms in total. The molecule has 0 spiro atoms. The summed E-state index contributed by atoms with van der Waals surface area (Å²) in [4.78, 5) is 8.65. The highest BCUT2D eigenvalue weighted by Gasteiger charge is 2.26. The number of nitrogens with zero attached hydrogens (tertiary/aromatic N) is 6. The smallest absolute Gasteiger partial charge is 0.146 e. The third-order valence-corrected chi connectivity index (χ3v) is 4.27. The van der Waals surface area contributed by atoms with E-state index in [1.54, 1.807) is 0 Å². The van der Waals surface area contributed by atoms with Gasteiger partial charge in [0.15, 0.2) is 0 Å². The summed E-state index contributed by atoms with van der Waals surface area (Å²) in [6.07, 6.45) is 6.07. The lowest BCUT2D eigenvalue weighted by Crippen LogP contribution is -2.35. The number of rotatable bonds is 4. The van der Waals surface area contributed by atoms with Gasteiger partial charge in [0.05, 0.1) is 6.54 Å². The lowest BCUT2D eigenvalue weighted by molar-refractivity contribution is 0.382. The van der Waals surface area contributed by atoms with E-state index in [0.717, 1.165) is 31.3 Å². The van der Waals surface area contributed by atoms with Gasteiger partial charge in [-0.05, 0) is 39.1 Å². The van der Waals surface area contributed by atoms with Crippen LogP contribution in [-0.2, 0) is 13.6 Å². The second-order valence-corrected chi connectivity index (χ2v) is 6.26. The van der Waals surface area contributed by atoms with Crippen LogP contribution < -0.4 is 4.90 Å². The minimum absolute atomic E-state index is 0.440. The van der Waals surface area contributed by atoms with Crippen LogP contribution in [0.2, 0.25) is 0 Å². The third-order valence-electron chi connectivity index (χ3n) is 4.27. The van der Waals surface area contributed by atoms with E-state index in [4.69, 9.17) is 0 Å². The van der Waals surface area contributed by atoms with Crippen LogP contribution in [0.15, 0.2) is 24.5 Å². The molecule has 0 unspecified atom stereocenters. The van der Waals surface area contributed by atoms with E-state index in [9.17, 15) is 0 Å². The first-order valence-corrected chi connectivity index (χ1v) is 7.83. The minimum atomic E-state index is 0.440. The summed E-state index contributed by atoms with van der Waals surface area (Å²) in [7, 11) is 6.19. The monoisotopic (exact) mass is 300 g/mol. The van der Waals surface area contributed by atoms with Crippen molar-refractivity contribution in [2.24, 2.45) is 7.05 Å². The van der Waals surface area contributed by atoms with Gasteiger partial charge in [0.2, 0.25) is 0 Å². The first kappa shape index (κ1) is 15.0. The summed E-state index contributed by atoms with van der Waals surface area (Å²) in [5, 5.41) is 8.84. The number of anilines is 1. The van der Waals surface area contributed by atoms with Gasteiger partial charge in [-0.2, -0.15) is 0 Å². The maximum Gasteiger partial charge on any atom is 0.146 e. The van der Waals surface area contributed by atoms with Crippen LogP contribution >= 0.6 is 0 Å². The van der Waals surface area contributed by atoms with Crippen molar-refractivity contribution >= 4 is 5.69 Å². The van der Waals surface area contributed by atoms with Gasteiger partial charge in [-0.3, -0.25) is 4.98 Å². The standard InChI is InChI=1S/C16H24N6/c1-20(2)12-15-18-19-16(21(15)3)13-5-4-10-22(11-13)14-6-8-17-9-7-14/h6-9,13H,4-5,10-12H2,1-3H3/t13-/m0/s1. The Bertz CT molecular complexity index is 606. The Labute approximate surface area is 131 Å². The Morgan fingerprint density at radius 2 is 2.00 bits per heavy atom. The fourth-order valence-corrected chi connectivity index (χ4v) is 3.13. The average Bonchev–Trinajstić information content (AvgIpc) is 2.89. The zero-order chi connectivity index (χ0) is 15.5. The molecule has 0 amide bonds. The molecule has 3 heterocycles. The van der Waals surface area contributed by atoms with Gasteiger partial charge < -0.3 is 14.4 Å². The maximum absolute atomic E-state index is 4.47. The van der Waals surface area contributed by atoms with Crippen LogP contribution in [0.5, 0.6) is 0 Å². The second kappa shape index (κ2) is 6.44. The molecule has 1 fully saturated rings. The molecule has 0 N–H and O–H groups in total. The molecule has 3 rings (SSSR count). The van der Waals surface area contributed by atoms with Crippen LogP contribution in [0, 0.1) is 0 Å². The van der Waals surface area contributed by atoms with Crippen molar-refractivity contribution in [3.05, 3.63) is 36.2 Å². The molecule has 2 aromatic rings. The molecule has 0 saturated carbocycles. The summed E-state index contributed by atoms with van der Waals surface area (Å²) < 4.78 is 2.17. The van der Waals surface area contributed by atoms with Gasteiger partial charge in [-0.25, -0.2) is 0 Å². The number of hydrogen-bond donors (Lipinski definition) is 0. The second-order valence-electron chi connectivity index (χ2n) is 6.26. The van der Waals surface area contributed by atoms with E-state index < -0.39 is 0 Å². The van der Waals surface area contributed by atoms with Crippen molar-refractivity contribution in [3.8, 4) is 0 Å². The maximum atomic E-state index is 4.47. The lowest BCUT2D eigenvalue weighted by atomic mass is 9.96. The zero-order valence-corrected chi connectivity index (χ0v) is 13.6. The average molecular weight is 300 g/mol. The lowest BCUT2D eigenvalue weighted by Gasteiger charge is -2.33. The predicted molar refractivity (Wildman–Crippen MR) is 86.8 cm³/mol.